The first-order valence-corrected chi connectivity index (χ1v) is 12.9. The Hall–Kier alpha value is -2.18. The molecule has 3 atom stereocenters. The molecule has 1 unspecified atom stereocenters. The second-order valence-corrected chi connectivity index (χ2v) is 11.3. The van der Waals surface area contributed by atoms with E-state index in [2.05, 4.69) is 18.0 Å². The molecule has 1 N–H and O–H groups in total. The first-order chi connectivity index (χ1) is 15.9. The molecule has 0 radical (unpaired) electrons. The maximum absolute atomic E-state index is 13.1. The van der Waals surface area contributed by atoms with Crippen LogP contribution in [-0.2, 0) is 14.3 Å². The molecule has 0 amide bonds. The minimum Gasteiger partial charge on any atom is -0.457 e. The van der Waals surface area contributed by atoms with Crippen molar-refractivity contribution < 1.29 is 19.4 Å². The van der Waals surface area contributed by atoms with Crippen molar-refractivity contribution in [3.63, 3.8) is 0 Å². The molecule has 0 aromatic carbocycles. The molecule has 186 valence electrons. The molecule has 1 aromatic rings. The molecule has 0 saturated heterocycles. The molecular weight excluding hydrogens is 446 g/mol. The van der Waals surface area contributed by atoms with Crippen LogP contribution in [0.1, 0.15) is 72.2 Å². The summed E-state index contributed by atoms with van der Waals surface area (Å²) in [5.74, 6) is -0.930. The lowest BCUT2D eigenvalue weighted by molar-refractivity contribution is -0.143. The van der Waals surface area contributed by atoms with Gasteiger partial charge < -0.3 is 9.84 Å². The fourth-order valence-electron chi connectivity index (χ4n) is 3.95. The number of aliphatic hydroxyl groups excluding tert-OH is 1. The van der Waals surface area contributed by atoms with E-state index in [0.717, 1.165) is 35.4 Å². The van der Waals surface area contributed by atoms with E-state index < -0.39 is 22.9 Å². The lowest BCUT2D eigenvalue weighted by Crippen LogP contribution is -2.39. The third kappa shape index (κ3) is 8.24. The third-order valence-electron chi connectivity index (χ3n) is 6.25. The van der Waals surface area contributed by atoms with Crippen molar-refractivity contribution in [2.24, 2.45) is 5.92 Å². The van der Waals surface area contributed by atoms with Crippen molar-refractivity contribution in [1.82, 2.24) is 4.98 Å². The zero-order chi connectivity index (χ0) is 25.5. The van der Waals surface area contributed by atoms with Crippen LogP contribution in [0.2, 0.25) is 0 Å². The third-order valence-corrected chi connectivity index (χ3v) is 7.55. The maximum atomic E-state index is 13.1. The highest BCUT2D eigenvalue weighted by molar-refractivity contribution is 8.02. The smallest absolute Gasteiger partial charge is 0.316 e. The Labute approximate surface area is 208 Å². The van der Waals surface area contributed by atoms with Gasteiger partial charge in [0.2, 0.25) is 0 Å². The normalized spacial score (nSPS) is 28.9. The first kappa shape index (κ1) is 28.1. The molecule has 1 aliphatic heterocycles. The van der Waals surface area contributed by atoms with E-state index in [9.17, 15) is 14.7 Å². The van der Waals surface area contributed by atoms with E-state index in [4.69, 9.17) is 4.74 Å². The van der Waals surface area contributed by atoms with E-state index in [1.54, 1.807) is 20.8 Å². The van der Waals surface area contributed by atoms with Gasteiger partial charge in [0.25, 0.3) is 0 Å². The largest absolute Gasteiger partial charge is 0.457 e. The van der Waals surface area contributed by atoms with E-state index >= 15 is 0 Å². The van der Waals surface area contributed by atoms with Gasteiger partial charge in [-0.3, -0.25) is 14.6 Å². The average molecular weight is 486 g/mol. The minimum atomic E-state index is -0.830. The number of pyridine rings is 1. The van der Waals surface area contributed by atoms with Crippen LogP contribution in [0.25, 0.3) is 6.08 Å². The molecule has 1 aromatic heterocycles. The standard InChI is InChI=1S/C28H39NO4S/c1-18-10-8-11-19(2)26(31)22(5)27(32)28(6,7)34-17-25(30)33-24(15-14-18)20(3)16-23-13-9-12-21(4)29-23/h9,11-14,16,22,24,26,31H,8,10,15,17H2,1-7H3/b18-14-,19-11-,20-16+/t22-,24?,26+/m1/s1. The molecule has 0 saturated carbocycles. The number of aliphatic hydroxyl groups is 1. The first-order valence-electron chi connectivity index (χ1n) is 11.9. The Balaban J connectivity index is 2.33. The summed E-state index contributed by atoms with van der Waals surface area (Å²) >= 11 is 1.26. The van der Waals surface area contributed by atoms with Gasteiger partial charge in [-0.2, -0.15) is 0 Å². The number of rotatable bonds is 2. The van der Waals surface area contributed by atoms with E-state index in [1.807, 2.05) is 51.1 Å². The number of nitrogens with zero attached hydrogens (tertiary/aromatic N) is 1. The molecule has 2 heterocycles. The molecule has 1 aliphatic rings. The lowest BCUT2D eigenvalue weighted by atomic mass is 9.88. The Morgan fingerprint density at radius 2 is 1.91 bits per heavy atom. The van der Waals surface area contributed by atoms with Gasteiger partial charge >= 0.3 is 5.97 Å². The van der Waals surface area contributed by atoms with Gasteiger partial charge in [0, 0.05) is 18.0 Å². The van der Waals surface area contributed by atoms with Crippen LogP contribution in [0.15, 0.2) is 47.1 Å². The number of allylic oxidation sites excluding steroid dienone is 2. The number of ketones is 1. The van der Waals surface area contributed by atoms with Gasteiger partial charge in [0.1, 0.15) is 6.10 Å². The van der Waals surface area contributed by atoms with Crippen molar-refractivity contribution in [2.45, 2.75) is 84.7 Å². The SMILES string of the molecule is C/C1=C/CC(/C(C)=C/c2cccc(C)n2)OC(=O)CSC(C)(C)C(=O)[C@H](C)[C@@H](O)/C(C)=C\CC1. The summed E-state index contributed by atoms with van der Waals surface area (Å²) in [6, 6.07) is 5.84. The second-order valence-electron chi connectivity index (χ2n) is 9.74. The molecule has 0 spiro atoms. The quantitative estimate of drug-likeness (QED) is 0.418. The number of hydrogen-bond donors (Lipinski definition) is 1. The summed E-state index contributed by atoms with van der Waals surface area (Å²) in [5, 5.41) is 10.7. The van der Waals surface area contributed by atoms with Crippen LogP contribution in [0.5, 0.6) is 0 Å². The van der Waals surface area contributed by atoms with Crippen molar-refractivity contribution in [3.8, 4) is 0 Å². The molecular formula is C28H39NO4S. The highest BCUT2D eigenvalue weighted by atomic mass is 32.2. The monoisotopic (exact) mass is 485 g/mol. The van der Waals surface area contributed by atoms with Crippen LogP contribution in [0, 0.1) is 12.8 Å². The number of aromatic nitrogens is 1. The number of thioether (sulfide) groups is 1. The van der Waals surface area contributed by atoms with Crippen molar-refractivity contribution in [3.05, 3.63) is 58.5 Å². The number of aryl methyl sites for hydroxylation is 1. The Kier molecular flexibility index (Phi) is 10.3. The van der Waals surface area contributed by atoms with E-state index in [0.29, 0.717) is 6.42 Å². The van der Waals surface area contributed by atoms with Gasteiger partial charge in [-0.15, -0.1) is 11.8 Å². The van der Waals surface area contributed by atoms with Crippen LogP contribution in [0.4, 0.5) is 0 Å². The number of ether oxygens (including phenoxy) is 1. The minimum absolute atomic E-state index is 0.0611. The molecule has 0 aliphatic carbocycles. The maximum Gasteiger partial charge on any atom is 0.316 e. The molecule has 5 nitrogen and oxygen atoms in total. The van der Waals surface area contributed by atoms with Gasteiger partial charge in [-0.1, -0.05) is 30.7 Å². The number of hydrogen-bond acceptors (Lipinski definition) is 6. The lowest BCUT2D eigenvalue weighted by Gasteiger charge is -2.29. The van der Waals surface area contributed by atoms with Crippen LogP contribution in [0.3, 0.4) is 0 Å². The van der Waals surface area contributed by atoms with Gasteiger partial charge in [0.05, 0.1) is 22.3 Å². The van der Waals surface area contributed by atoms with Crippen molar-refractivity contribution in [2.75, 3.05) is 5.75 Å². The molecule has 34 heavy (non-hydrogen) atoms. The average Bonchev–Trinajstić information content (AvgIpc) is 2.78. The highest BCUT2D eigenvalue weighted by Gasteiger charge is 2.36. The number of esters is 1. The summed E-state index contributed by atoms with van der Waals surface area (Å²) in [7, 11) is 0. The summed E-state index contributed by atoms with van der Waals surface area (Å²) in [6.07, 6.45) is 7.03. The fourth-order valence-corrected chi connectivity index (χ4v) is 4.82. The van der Waals surface area contributed by atoms with Crippen molar-refractivity contribution >= 4 is 29.6 Å². The van der Waals surface area contributed by atoms with Crippen LogP contribution >= 0.6 is 11.8 Å². The topological polar surface area (TPSA) is 76.5 Å². The van der Waals surface area contributed by atoms with E-state index in [-0.39, 0.29) is 17.5 Å². The van der Waals surface area contributed by atoms with Crippen LogP contribution < -0.4 is 0 Å². The zero-order valence-corrected chi connectivity index (χ0v) is 22.4. The molecule has 6 heteroatoms. The van der Waals surface area contributed by atoms with Crippen LogP contribution in [-0.4, -0.2) is 44.6 Å². The van der Waals surface area contributed by atoms with E-state index in [1.165, 1.54) is 17.3 Å². The summed E-state index contributed by atoms with van der Waals surface area (Å²) in [4.78, 5) is 30.4. The van der Waals surface area contributed by atoms with Gasteiger partial charge in [-0.25, -0.2) is 0 Å². The predicted molar refractivity (Wildman–Crippen MR) is 141 cm³/mol. The second kappa shape index (κ2) is 12.5. The number of carbonyl (C=O) groups is 2. The highest BCUT2D eigenvalue weighted by Crippen LogP contribution is 2.31. The Morgan fingerprint density at radius 1 is 1.21 bits per heavy atom. The fraction of sp³-hybridized carbons (Fsp3) is 0.536. The number of Topliss-reactive ketones (excluding diaryl/α,β-unsaturated/α-hetero) is 1. The summed E-state index contributed by atoms with van der Waals surface area (Å²) in [5.41, 5.74) is 4.68. The Morgan fingerprint density at radius 3 is 2.59 bits per heavy atom. The zero-order valence-electron chi connectivity index (χ0n) is 21.6. The summed E-state index contributed by atoms with van der Waals surface area (Å²) in [6.45, 7) is 13.2. The van der Waals surface area contributed by atoms with Gasteiger partial charge in [0.15, 0.2) is 5.78 Å². The summed E-state index contributed by atoms with van der Waals surface area (Å²) < 4.78 is 5.06. The molecule has 0 fully saturated rings. The number of carbonyl (C=O) groups excluding carboxylic acids is 2. The van der Waals surface area contributed by atoms with Crippen molar-refractivity contribution in [1.29, 1.82) is 0 Å². The number of cyclic esters (lactones) is 1. The molecule has 2 rings (SSSR count). The Bertz CT molecular complexity index is 976. The predicted octanol–water partition coefficient (Wildman–Crippen LogP) is 5.86. The van der Waals surface area contributed by atoms with Gasteiger partial charge in [-0.05, 0) is 83.7 Å². The molecule has 0 bridgehead atoms.